The van der Waals surface area contributed by atoms with E-state index in [4.69, 9.17) is 19.2 Å². The van der Waals surface area contributed by atoms with Crippen LogP contribution < -0.4 is 81.3 Å². The Morgan fingerprint density at radius 2 is 1.20 bits per heavy atom. The summed E-state index contributed by atoms with van der Waals surface area (Å²) < 4.78 is 9.77. The topological polar surface area (TPSA) is 83.4 Å². The molecule has 0 saturated heterocycles. The first kappa shape index (κ1) is 38.8. The molecule has 0 heterocycles. The van der Waals surface area contributed by atoms with Crippen LogP contribution in [0.4, 0.5) is 0 Å². The summed E-state index contributed by atoms with van der Waals surface area (Å²) in [4.78, 5) is 24.3. The minimum Gasteiger partial charge on any atom is -1.00 e. The summed E-state index contributed by atoms with van der Waals surface area (Å²) in [6.45, 7) is 4.74. The Bertz CT molecular complexity index is 511. The third kappa shape index (κ3) is 31.8. The molecular formula is C21H39ClNNa2O4P. The number of unbranched alkanes of at least 4 members (excludes halogenated alkanes) is 9. The molecule has 0 aliphatic heterocycles. The second kappa shape index (κ2) is 23.7. The molecule has 166 valence electrons. The van der Waals surface area contributed by atoms with E-state index in [9.17, 15) is 0 Å². The van der Waals surface area contributed by atoms with E-state index in [1.54, 1.807) is 0 Å². The minimum absolute atomic E-state index is 0. The second-order valence-corrected chi connectivity index (χ2v) is 8.89. The Balaban J connectivity index is -0.000000378. The van der Waals surface area contributed by atoms with Crippen LogP contribution in [0.15, 0.2) is 30.3 Å². The van der Waals surface area contributed by atoms with Crippen LogP contribution in [0, 0.1) is 0 Å². The Kier molecular flexibility index (Phi) is 30.7. The van der Waals surface area contributed by atoms with E-state index in [2.05, 4.69) is 51.4 Å². The third-order valence-electron chi connectivity index (χ3n) is 4.57. The van der Waals surface area contributed by atoms with Crippen molar-refractivity contribution in [1.29, 1.82) is 0 Å². The van der Waals surface area contributed by atoms with Crippen molar-refractivity contribution in [2.24, 2.45) is 0 Å². The van der Waals surface area contributed by atoms with E-state index < -0.39 is 7.82 Å². The predicted molar refractivity (Wildman–Crippen MR) is 109 cm³/mol. The van der Waals surface area contributed by atoms with Gasteiger partial charge in [0, 0.05) is 5.56 Å². The zero-order valence-corrected chi connectivity index (χ0v) is 25.5. The zero-order valence-electron chi connectivity index (χ0n) is 19.8. The van der Waals surface area contributed by atoms with Gasteiger partial charge in [0.05, 0.1) is 28.5 Å². The predicted octanol–water partition coefficient (Wildman–Crippen LogP) is -5.00. The molecule has 1 rings (SSSR count). The molecule has 0 radical (unpaired) electrons. The van der Waals surface area contributed by atoms with Crippen molar-refractivity contribution >= 4 is 7.82 Å². The van der Waals surface area contributed by atoms with E-state index in [1.165, 1.54) is 76.3 Å². The van der Waals surface area contributed by atoms with E-state index in [-0.39, 0.29) is 71.5 Å². The monoisotopic (exact) mass is 481 g/mol. The van der Waals surface area contributed by atoms with Gasteiger partial charge in [-0.1, -0.05) is 88.6 Å². The fourth-order valence-electron chi connectivity index (χ4n) is 3.18. The van der Waals surface area contributed by atoms with E-state index in [1.807, 2.05) is 0 Å². The average Bonchev–Trinajstić information content (AvgIpc) is 2.55. The second-order valence-electron chi connectivity index (χ2n) is 7.95. The number of quaternary nitrogens is 1. The van der Waals surface area contributed by atoms with Crippen LogP contribution in [0.3, 0.4) is 0 Å². The van der Waals surface area contributed by atoms with Gasteiger partial charge < -0.3 is 36.1 Å². The van der Waals surface area contributed by atoms with Crippen molar-refractivity contribution in [2.45, 2.75) is 77.7 Å². The van der Waals surface area contributed by atoms with Gasteiger partial charge in [-0.3, -0.25) is 0 Å². The molecule has 0 aliphatic rings. The molecule has 1 aromatic rings. The summed E-state index contributed by atoms with van der Waals surface area (Å²) in [7, 11) is -0.415. The maximum Gasteiger partial charge on any atom is 1.00 e. The molecule has 9 heteroatoms. The van der Waals surface area contributed by atoms with Crippen LogP contribution in [0.5, 0.6) is 0 Å². The molecule has 0 unspecified atom stereocenters. The maximum absolute atomic E-state index is 8.66. The van der Waals surface area contributed by atoms with Crippen molar-refractivity contribution in [3.8, 4) is 0 Å². The normalized spacial score (nSPS) is 10.6. The summed E-state index contributed by atoms with van der Waals surface area (Å²) in [6.07, 6.45) is 14.2. The quantitative estimate of drug-likeness (QED) is 0.132. The molecular weight excluding hydrogens is 443 g/mol. The zero-order chi connectivity index (χ0) is 20.6. The van der Waals surface area contributed by atoms with Crippen molar-refractivity contribution < 1.29 is 95.2 Å². The van der Waals surface area contributed by atoms with Crippen LogP contribution >= 0.6 is 7.82 Å². The molecule has 5 nitrogen and oxygen atoms in total. The molecule has 0 spiro atoms. The first-order valence-corrected chi connectivity index (χ1v) is 11.7. The van der Waals surface area contributed by atoms with Crippen molar-refractivity contribution in [3.05, 3.63) is 35.9 Å². The molecule has 1 aromatic carbocycles. The standard InChI is InChI=1S/C21H38N.ClH.2Na.H3O4P/c1-4-5-6-7-8-9-10-11-12-16-19-22(2,3)20-21-17-14-13-15-18-21;;;;1-5(2,3)4/h13-15,17-18H,4-12,16,19-20H2,1-3H3;1H;;;(H3,1,2,3,4)/q+1;;2*+1;/p-3. The maximum atomic E-state index is 8.66. The SMILES string of the molecule is CCCCCCCCCCCC[N+](C)(C)Cc1ccccc1.O=P([O-])([O-])O.[Cl-].[Na+].[Na+]. The van der Waals surface area contributed by atoms with Gasteiger partial charge in [-0.05, 0) is 12.8 Å². The van der Waals surface area contributed by atoms with Crippen molar-refractivity contribution in [2.75, 3.05) is 20.6 Å². The van der Waals surface area contributed by atoms with E-state index >= 15 is 0 Å². The summed E-state index contributed by atoms with van der Waals surface area (Å²) >= 11 is 0. The van der Waals surface area contributed by atoms with Crippen molar-refractivity contribution in [1.82, 2.24) is 0 Å². The van der Waals surface area contributed by atoms with Gasteiger partial charge in [-0.2, -0.15) is 0 Å². The fraction of sp³-hybridized carbons (Fsp3) is 0.714. The first-order valence-electron chi connectivity index (χ1n) is 10.2. The number of benzene rings is 1. The molecule has 1 N–H and O–H groups in total. The number of phosphoric acid groups is 1. The molecule has 0 amide bonds. The molecule has 0 fully saturated rings. The summed E-state index contributed by atoms with van der Waals surface area (Å²) in [5.74, 6) is 0. The number of rotatable bonds is 13. The summed E-state index contributed by atoms with van der Waals surface area (Å²) in [6, 6.07) is 10.9. The largest absolute Gasteiger partial charge is 1.00 e. The fourth-order valence-corrected chi connectivity index (χ4v) is 3.18. The summed E-state index contributed by atoms with van der Waals surface area (Å²) in [5, 5.41) is 0. The van der Waals surface area contributed by atoms with Gasteiger partial charge >= 0.3 is 59.1 Å². The van der Waals surface area contributed by atoms with E-state index in [0.29, 0.717) is 0 Å². The smallest absolute Gasteiger partial charge is 1.00 e. The molecule has 0 atom stereocenters. The van der Waals surface area contributed by atoms with Crippen LogP contribution in [0.2, 0.25) is 0 Å². The van der Waals surface area contributed by atoms with Crippen LogP contribution in [0.25, 0.3) is 0 Å². The van der Waals surface area contributed by atoms with Crippen molar-refractivity contribution in [3.63, 3.8) is 0 Å². The molecule has 0 aliphatic carbocycles. The molecule has 0 saturated carbocycles. The number of hydrogen-bond donors (Lipinski definition) is 1. The Morgan fingerprint density at radius 3 is 1.60 bits per heavy atom. The van der Waals surface area contributed by atoms with Gasteiger partial charge in [0.1, 0.15) is 6.54 Å². The molecule has 30 heavy (non-hydrogen) atoms. The average molecular weight is 482 g/mol. The summed E-state index contributed by atoms with van der Waals surface area (Å²) in [5.41, 5.74) is 1.46. The Hall–Kier alpha value is 1.58. The third-order valence-corrected chi connectivity index (χ3v) is 4.57. The van der Waals surface area contributed by atoms with Crippen LogP contribution in [-0.4, -0.2) is 30.0 Å². The molecule has 0 bridgehead atoms. The van der Waals surface area contributed by atoms with Crippen LogP contribution in [0.1, 0.15) is 76.7 Å². The van der Waals surface area contributed by atoms with Gasteiger partial charge in [-0.15, -0.1) is 0 Å². The number of nitrogens with zero attached hydrogens (tertiary/aromatic N) is 1. The van der Waals surface area contributed by atoms with Gasteiger partial charge in [0.25, 0.3) is 0 Å². The Morgan fingerprint density at radius 1 is 0.833 bits per heavy atom. The van der Waals surface area contributed by atoms with Gasteiger partial charge in [-0.25, -0.2) is 0 Å². The molecule has 0 aromatic heterocycles. The van der Waals surface area contributed by atoms with E-state index in [0.717, 1.165) is 11.0 Å². The first-order chi connectivity index (χ1) is 12.6. The number of hydrogen-bond acceptors (Lipinski definition) is 3. The Labute approximate surface area is 235 Å². The van der Waals surface area contributed by atoms with Crippen LogP contribution in [-0.2, 0) is 11.1 Å². The van der Waals surface area contributed by atoms with Gasteiger partial charge in [0.2, 0.25) is 0 Å². The van der Waals surface area contributed by atoms with Gasteiger partial charge in [0.15, 0.2) is 0 Å². The number of halogens is 1. The minimum atomic E-state index is -5.14.